The van der Waals surface area contributed by atoms with Crippen LogP contribution in [0.3, 0.4) is 0 Å². The molecular formula is C14H20N2OS2. The van der Waals surface area contributed by atoms with Crippen LogP contribution in [0.2, 0.25) is 0 Å². The van der Waals surface area contributed by atoms with Crippen LogP contribution in [0, 0.1) is 0 Å². The molecule has 2 N–H and O–H groups in total. The summed E-state index contributed by atoms with van der Waals surface area (Å²) >= 11 is 4.02. The molecule has 1 aliphatic heterocycles. The van der Waals surface area contributed by atoms with Gasteiger partial charge in [-0.1, -0.05) is 30.3 Å². The fourth-order valence-electron chi connectivity index (χ4n) is 1.86. The lowest BCUT2D eigenvalue weighted by molar-refractivity contribution is -0.120. The van der Waals surface area contributed by atoms with Gasteiger partial charge in [-0.2, -0.15) is 23.5 Å². The summed E-state index contributed by atoms with van der Waals surface area (Å²) in [6.45, 7) is 1.94. The number of rotatable bonds is 6. The molecule has 5 heteroatoms. The van der Waals surface area contributed by atoms with Crippen molar-refractivity contribution in [3.05, 3.63) is 35.9 Å². The highest BCUT2D eigenvalue weighted by Crippen LogP contribution is 2.23. The van der Waals surface area contributed by atoms with Gasteiger partial charge in [0.25, 0.3) is 0 Å². The van der Waals surface area contributed by atoms with Crippen LogP contribution in [0.4, 0.5) is 0 Å². The standard InChI is InChI=1S/C14H20N2OS2/c17-14(16-8-12-4-2-1-3-5-12)10-15-9-13-11-18-6-7-19-13/h1-5,13,15H,6-11H2,(H,16,17). The average molecular weight is 296 g/mol. The van der Waals surface area contributed by atoms with Crippen LogP contribution in [0.25, 0.3) is 0 Å². The van der Waals surface area contributed by atoms with E-state index in [4.69, 9.17) is 0 Å². The fraction of sp³-hybridized carbons (Fsp3) is 0.500. The zero-order valence-corrected chi connectivity index (χ0v) is 12.6. The summed E-state index contributed by atoms with van der Waals surface area (Å²) in [7, 11) is 0. The second-order valence-electron chi connectivity index (χ2n) is 4.46. The van der Waals surface area contributed by atoms with Crippen LogP contribution in [-0.2, 0) is 11.3 Å². The minimum absolute atomic E-state index is 0.0670. The molecule has 1 unspecified atom stereocenters. The number of hydrogen-bond acceptors (Lipinski definition) is 4. The van der Waals surface area contributed by atoms with Crippen molar-refractivity contribution in [2.45, 2.75) is 11.8 Å². The van der Waals surface area contributed by atoms with Gasteiger partial charge in [0.05, 0.1) is 6.54 Å². The van der Waals surface area contributed by atoms with E-state index in [0.29, 0.717) is 18.3 Å². The van der Waals surface area contributed by atoms with E-state index < -0.39 is 0 Å². The Morgan fingerprint density at radius 2 is 2.11 bits per heavy atom. The van der Waals surface area contributed by atoms with E-state index in [0.717, 1.165) is 12.1 Å². The lowest BCUT2D eigenvalue weighted by atomic mass is 10.2. The third kappa shape index (κ3) is 5.89. The molecule has 2 rings (SSSR count). The Hall–Kier alpha value is -0.650. The Bertz CT molecular complexity index is 380. The Labute approximate surface area is 123 Å². The monoisotopic (exact) mass is 296 g/mol. The minimum Gasteiger partial charge on any atom is -0.351 e. The van der Waals surface area contributed by atoms with Crippen LogP contribution in [0.15, 0.2) is 30.3 Å². The highest BCUT2D eigenvalue weighted by atomic mass is 32.2. The van der Waals surface area contributed by atoms with Crippen molar-refractivity contribution in [3.8, 4) is 0 Å². The Balaban J connectivity index is 1.57. The van der Waals surface area contributed by atoms with Crippen LogP contribution < -0.4 is 10.6 Å². The Morgan fingerprint density at radius 3 is 2.84 bits per heavy atom. The molecule has 1 atom stereocenters. The molecule has 0 radical (unpaired) electrons. The number of thioether (sulfide) groups is 2. The summed E-state index contributed by atoms with van der Waals surface area (Å²) < 4.78 is 0. The zero-order chi connectivity index (χ0) is 13.3. The molecule has 1 saturated heterocycles. The molecule has 3 nitrogen and oxygen atoms in total. The SMILES string of the molecule is O=C(CNCC1CSCCS1)NCc1ccccc1. The largest absolute Gasteiger partial charge is 0.351 e. The molecule has 0 aliphatic carbocycles. The smallest absolute Gasteiger partial charge is 0.234 e. The first-order valence-electron chi connectivity index (χ1n) is 6.55. The van der Waals surface area contributed by atoms with E-state index in [2.05, 4.69) is 10.6 Å². The minimum atomic E-state index is 0.0670. The zero-order valence-electron chi connectivity index (χ0n) is 10.9. The van der Waals surface area contributed by atoms with Crippen LogP contribution >= 0.6 is 23.5 Å². The van der Waals surface area contributed by atoms with E-state index in [1.165, 1.54) is 17.3 Å². The van der Waals surface area contributed by atoms with E-state index in [-0.39, 0.29) is 5.91 Å². The quantitative estimate of drug-likeness (QED) is 0.839. The maximum Gasteiger partial charge on any atom is 0.234 e. The molecule has 1 aromatic carbocycles. The van der Waals surface area contributed by atoms with Crippen molar-refractivity contribution in [3.63, 3.8) is 0 Å². The third-order valence-corrected chi connectivity index (χ3v) is 5.72. The summed E-state index contributed by atoms with van der Waals surface area (Å²) in [5.41, 5.74) is 1.13. The molecule has 1 fully saturated rings. The fourth-order valence-corrected chi connectivity index (χ4v) is 4.51. The highest BCUT2D eigenvalue weighted by molar-refractivity contribution is 8.06. The molecule has 0 bridgehead atoms. The summed E-state index contributed by atoms with van der Waals surface area (Å²) in [4.78, 5) is 11.7. The molecule has 104 valence electrons. The van der Waals surface area contributed by atoms with Gasteiger partial charge in [-0.3, -0.25) is 4.79 Å². The van der Waals surface area contributed by atoms with Gasteiger partial charge in [-0.15, -0.1) is 0 Å². The maximum absolute atomic E-state index is 11.7. The molecule has 19 heavy (non-hydrogen) atoms. The number of benzene rings is 1. The van der Waals surface area contributed by atoms with Gasteiger partial charge in [0.2, 0.25) is 5.91 Å². The van der Waals surface area contributed by atoms with Gasteiger partial charge >= 0.3 is 0 Å². The normalized spacial score (nSPS) is 19.1. The predicted octanol–water partition coefficient (Wildman–Crippen LogP) is 1.74. The van der Waals surface area contributed by atoms with Crippen molar-refractivity contribution >= 4 is 29.4 Å². The summed E-state index contributed by atoms with van der Waals surface area (Å²) in [5.74, 6) is 3.76. The van der Waals surface area contributed by atoms with E-state index >= 15 is 0 Å². The van der Waals surface area contributed by atoms with Gasteiger partial charge < -0.3 is 10.6 Å². The van der Waals surface area contributed by atoms with E-state index in [1.807, 2.05) is 53.9 Å². The lowest BCUT2D eigenvalue weighted by Gasteiger charge is -2.21. The summed E-state index contributed by atoms with van der Waals surface area (Å²) in [5, 5.41) is 6.82. The van der Waals surface area contributed by atoms with Crippen molar-refractivity contribution in [1.82, 2.24) is 10.6 Å². The number of amides is 1. The molecular weight excluding hydrogens is 276 g/mol. The molecule has 1 amide bonds. The molecule has 1 aromatic rings. The number of nitrogens with one attached hydrogen (secondary N) is 2. The van der Waals surface area contributed by atoms with Crippen LogP contribution in [0.5, 0.6) is 0 Å². The van der Waals surface area contributed by atoms with Crippen molar-refractivity contribution in [1.29, 1.82) is 0 Å². The van der Waals surface area contributed by atoms with Crippen molar-refractivity contribution < 1.29 is 4.79 Å². The first kappa shape index (κ1) is 14.8. The maximum atomic E-state index is 11.7. The Morgan fingerprint density at radius 1 is 1.26 bits per heavy atom. The van der Waals surface area contributed by atoms with E-state index in [9.17, 15) is 4.79 Å². The number of carbonyl (C=O) groups is 1. The predicted molar refractivity (Wildman–Crippen MR) is 84.7 cm³/mol. The van der Waals surface area contributed by atoms with E-state index in [1.54, 1.807) is 0 Å². The number of carbonyl (C=O) groups excluding carboxylic acids is 1. The Kier molecular flexibility index (Phi) is 6.61. The van der Waals surface area contributed by atoms with Gasteiger partial charge in [-0.05, 0) is 5.56 Å². The van der Waals surface area contributed by atoms with Crippen LogP contribution in [0.1, 0.15) is 5.56 Å². The van der Waals surface area contributed by atoms with Crippen molar-refractivity contribution in [2.75, 3.05) is 30.3 Å². The number of hydrogen-bond donors (Lipinski definition) is 2. The average Bonchev–Trinajstić information content (AvgIpc) is 2.47. The van der Waals surface area contributed by atoms with Crippen LogP contribution in [-0.4, -0.2) is 41.5 Å². The van der Waals surface area contributed by atoms with Gasteiger partial charge in [0, 0.05) is 35.6 Å². The van der Waals surface area contributed by atoms with Gasteiger partial charge in [-0.25, -0.2) is 0 Å². The molecule has 0 saturated carbocycles. The molecule has 1 aliphatic rings. The molecule has 1 heterocycles. The first-order valence-corrected chi connectivity index (χ1v) is 8.75. The van der Waals surface area contributed by atoms with Gasteiger partial charge in [0.1, 0.15) is 0 Å². The topological polar surface area (TPSA) is 41.1 Å². The van der Waals surface area contributed by atoms with Crippen molar-refractivity contribution in [2.24, 2.45) is 0 Å². The summed E-state index contributed by atoms with van der Waals surface area (Å²) in [6, 6.07) is 9.98. The highest BCUT2D eigenvalue weighted by Gasteiger charge is 2.13. The van der Waals surface area contributed by atoms with Gasteiger partial charge in [0.15, 0.2) is 0 Å². The lowest BCUT2D eigenvalue weighted by Crippen LogP contribution is -2.37. The molecule has 0 aromatic heterocycles. The molecule has 0 spiro atoms. The summed E-state index contributed by atoms with van der Waals surface area (Å²) in [6.07, 6.45) is 0. The first-order chi connectivity index (χ1) is 9.34. The third-order valence-electron chi connectivity index (χ3n) is 2.88. The second kappa shape index (κ2) is 8.51. The second-order valence-corrected chi connectivity index (χ2v) is 7.02.